The number of rotatable bonds is 10. The summed E-state index contributed by atoms with van der Waals surface area (Å²) in [7, 11) is -2.47. The Bertz CT molecular complexity index is 1080. The van der Waals surface area contributed by atoms with Crippen molar-refractivity contribution >= 4 is 46.2 Å². The van der Waals surface area contributed by atoms with Crippen molar-refractivity contribution in [2.75, 3.05) is 52.5 Å². The Morgan fingerprint density at radius 1 is 0.784 bits per heavy atom. The number of hydrogen-bond donors (Lipinski definition) is 0. The topological polar surface area (TPSA) is 24.9 Å². The van der Waals surface area contributed by atoms with Crippen molar-refractivity contribution in [2.45, 2.75) is 25.8 Å². The summed E-state index contributed by atoms with van der Waals surface area (Å²) in [6.45, 7) is 14.4. The monoisotopic (exact) mass is 600 g/mol. The van der Waals surface area contributed by atoms with Gasteiger partial charge in [0, 0.05) is 50.3 Å². The fourth-order valence-electron chi connectivity index (χ4n) is 5.20. The quantitative estimate of drug-likeness (QED) is 0.280. The van der Waals surface area contributed by atoms with Crippen molar-refractivity contribution in [3.05, 3.63) is 88.4 Å². The second kappa shape index (κ2) is 12.9. The minimum atomic E-state index is -2.47. The van der Waals surface area contributed by atoms with E-state index >= 15 is 0 Å². The summed E-state index contributed by atoms with van der Waals surface area (Å²) in [5.41, 5.74) is 0. The molecule has 0 unspecified atom stereocenters. The van der Waals surface area contributed by atoms with Crippen LogP contribution in [0.4, 0.5) is 0 Å². The van der Waals surface area contributed by atoms with Gasteiger partial charge in [-0.3, -0.25) is 9.80 Å². The maximum absolute atomic E-state index is 7.08. The van der Waals surface area contributed by atoms with E-state index in [-0.39, 0.29) is 5.04 Å². The summed E-state index contributed by atoms with van der Waals surface area (Å²) in [5, 5.41) is 3.32. The van der Waals surface area contributed by atoms with Crippen molar-refractivity contribution in [3.8, 4) is 5.75 Å². The van der Waals surface area contributed by atoms with Crippen molar-refractivity contribution < 1.29 is 9.16 Å². The molecule has 1 aliphatic rings. The van der Waals surface area contributed by atoms with E-state index in [0.717, 1.165) is 56.1 Å². The number of ether oxygens (including phenoxy) is 1. The molecule has 0 bridgehead atoms. The van der Waals surface area contributed by atoms with Gasteiger partial charge >= 0.3 is 0 Å². The summed E-state index contributed by atoms with van der Waals surface area (Å²) in [6.07, 6.45) is 0. The Labute approximate surface area is 236 Å². The molecular formula is C30H38BrClN2O2Si. The van der Waals surface area contributed by atoms with E-state index < -0.39 is 8.32 Å². The van der Waals surface area contributed by atoms with E-state index in [1.54, 1.807) is 0 Å². The maximum atomic E-state index is 7.08. The van der Waals surface area contributed by atoms with Gasteiger partial charge in [0.05, 0.1) is 5.02 Å². The zero-order chi connectivity index (χ0) is 26.3. The first-order valence-electron chi connectivity index (χ1n) is 13.1. The average molecular weight is 602 g/mol. The van der Waals surface area contributed by atoms with Crippen LogP contribution in [0.5, 0.6) is 5.75 Å². The Morgan fingerprint density at radius 2 is 1.30 bits per heavy atom. The van der Waals surface area contributed by atoms with Gasteiger partial charge in [-0.05, 0) is 33.6 Å². The smallest absolute Gasteiger partial charge is 0.261 e. The van der Waals surface area contributed by atoms with Gasteiger partial charge < -0.3 is 9.16 Å². The van der Waals surface area contributed by atoms with Gasteiger partial charge in [0.15, 0.2) is 0 Å². The van der Waals surface area contributed by atoms with Crippen LogP contribution in [0.1, 0.15) is 20.8 Å². The van der Waals surface area contributed by atoms with E-state index in [9.17, 15) is 0 Å². The van der Waals surface area contributed by atoms with Crippen molar-refractivity contribution in [3.63, 3.8) is 0 Å². The normalized spacial score (nSPS) is 15.6. The highest BCUT2D eigenvalue weighted by molar-refractivity contribution is 9.10. The molecule has 0 radical (unpaired) electrons. The minimum absolute atomic E-state index is 0.00609. The number of piperazine rings is 1. The second-order valence-electron chi connectivity index (χ2n) is 10.6. The molecule has 0 aliphatic carbocycles. The highest BCUT2D eigenvalue weighted by atomic mass is 79.9. The first-order chi connectivity index (χ1) is 17.8. The van der Waals surface area contributed by atoms with Gasteiger partial charge in [-0.15, -0.1) is 0 Å². The Balaban J connectivity index is 1.31. The lowest BCUT2D eigenvalue weighted by molar-refractivity contribution is 0.104. The van der Waals surface area contributed by atoms with Crippen LogP contribution in [0, 0.1) is 0 Å². The largest absolute Gasteiger partial charge is 0.491 e. The molecule has 198 valence electrons. The molecule has 0 spiro atoms. The predicted octanol–water partition coefficient (Wildman–Crippen LogP) is 5.68. The van der Waals surface area contributed by atoms with Gasteiger partial charge in [0.25, 0.3) is 8.32 Å². The standard InChI is InChI=1S/C30H38BrClN2O2Si/c1-30(2,3)37(26-10-6-4-7-11-26,27-12-8-5-9-13-27)36-23-21-34-18-16-33(17-19-34)20-22-35-29-15-14-25(31)24-28(29)32/h4-15,24H,16-23H2,1-3H3. The van der Waals surface area contributed by atoms with E-state index in [1.165, 1.54) is 10.4 Å². The van der Waals surface area contributed by atoms with Crippen molar-refractivity contribution in [1.29, 1.82) is 0 Å². The minimum Gasteiger partial charge on any atom is -0.491 e. The first-order valence-corrected chi connectivity index (χ1v) is 16.1. The number of nitrogens with zero attached hydrogens (tertiary/aromatic N) is 2. The number of hydrogen-bond acceptors (Lipinski definition) is 4. The van der Waals surface area contributed by atoms with Crippen molar-refractivity contribution in [2.24, 2.45) is 0 Å². The molecule has 0 atom stereocenters. The fourth-order valence-corrected chi connectivity index (χ4v) is 10.5. The van der Waals surface area contributed by atoms with Crippen LogP contribution < -0.4 is 15.1 Å². The summed E-state index contributed by atoms with van der Waals surface area (Å²) >= 11 is 9.71. The van der Waals surface area contributed by atoms with E-state index in [1.807, 2.05) is 18.2 Å². The molecule has 0 saturated carbocycles. The summed E-state index contributed by atoms with van der Waals surface area (Å²) in [6, 6.07) is 27.5. The van der Waals surface area contributed by atoms with Crippen LogP contribution >= 0.6 is 27.5 Å². The summed E-state index contributed by atoms with van der Waals surface area (Å²) < 4.78 is 14.0. The van der Waals surface area contributed by atoms with Gasteiger partial charge in [-0.2, -0.15) is 0 Å². The third-order valence-electron chi connectivity index (χ3n) is 7.17. The lowest BCUT2D eigenvalue weighted by Gasteiger charge is -2.43. The lowest BCUT2D eigenvalue weighted by Crippen LogP contribution is -2.67. The third-order valence-corrected chi connectivity index (χ3v) is 13.0. The number of benzene rings is 3. The zero-order valence-electron chi connectivity index (χ0n) is 22.1. The Hall–Kier alpha value is -1.67. The molecule has 0 aromatic heterocycles. The average Bonchev–Trinajstić information content (AvgIpc) is 2.89. The first kappa shape index (κ1) is 28.3. The molecule has 1 fully saturated rings. The molecule has 4 nitrogen and oxygen atoms in total. The number of halogens is 2. The molecule has 3 aromatic carbocycles. The molecule has 0 amide bonds. The van der Waals surface area contributed by atoms with Crippen LogP contribution in [0.3, 0.4) is 0 Å². The molecule has 3 aromatic rings. The highest BCUT2D eigenvalue weighted by Crippen LogP contribution is 2.36. The van der Waals surface area contributed by atoms with Crippen LogP contribution in [0.25, 0.3) is 0 Å². The van der Waals surface area contributed by atoms with Crippen molar-refractivity contribution in [1.82, 2.24) is 9.80 Å². The molecular weight excluding hydrogens is 564 g/mol. The zero-order valence-corrected chi connectivity index (χ0v) is 25.5. The van der Waals surface area contributed by atoms with Gasteiger partial charge in [0.2, 0.25) is 0 Å². The molecule has 0 N–H and O–H groups in total. The van der Waals surface area contributed by atoms with E-state index in [2.05, 4.69) is 107 Å². The lowest BCUT2D eigenvalue weighted by atomic mass is 10.2. The molecule has 1 heterocycles. The van der Waals surface area contributed by atoms with Crippen LogP contribution in [-0.4, -0.2) is 70.6 Å². The molecule has 4 rings (SSSR count). The molecule has 37 heavy (non-hydrogen) atoms. The molecule has 1 aliphatic heterocycles. The predicted molar refractivity (Wildman–Crippen MR) is 161 cm³/mol. The highest BCUT2D eigenvalue weighted by Gasteiger charge is 2.50. The van der Waals surface area contributed by atoms with E-state index in [0.29, 0.717) is 11.6 Å². The Morgan fingerprint density at radius 3 is 1.78 bits per heavy atom. The van der Waals surface area contributed by atoms with E-state index in [4.69, 9.17) is 20.8 Å². The summed E-state index contributed by atoms with van der Waals surface area (Å²) in [4.78, 5) is 4.99. The third kappa shape index (κ3) is 7.05. The summed E-state index contributed by atoms with van der Waals surface area (Å²) in [5.74, 6) is 0.740. The molecule has 1 saturated heterocycles. The fraction of sp³-hybridized carbons (Fsp3) is 0.400. The SMILES string of the molecule is CC(C)(C)[Si](OCCN1CCN(CCOc2ccc(Br)cc2Cl)CC1)(c1ccccc1)c1ccccc1. The van der Waals surface area contributed by atoms with Crippen LogP contribution in [0.15, 0.2) is 83.3 Å². The Kier molecular flexibility index (Phi) is 9.89. The second-order valence-corrected chi connectivity index (χ2v) is 16.2. The van der Waals surface area contributed by atoms with Gasteiger partial charge in [0.1, 0.15) is 12.4 Å². The van der Waals surface area contributed by atoms with Crippen LogP contribution in [0.2, 0.25) is 10.1 Å². The molecule has 7 heteroatoms. The van der Waals surface area contributed by atoms with Gasteiger partial charge in [-0.25, -0.2) is 0 Å². The van der Waals surface area contributed by atoms with Crippen LogP contribution in [-0.2, 0) is 4.43 Å². The maximum Gasteiger partial charge on any atom is 0.261 e. The van der Waals surface area contributed by atoms with Gasteiger partial charge in [-0.1, -0.05) is 109 Å².